The molecule has 0 bridgehead atoms. The molecule has 1 rings (SSSR count). The first-order valence-corrected chi connectivity index (χ1v) is 3.68. The maximum absolute atomic E-state index is 12.3. The highest BCUT2D eigenvalue weighted by atomic mass is 19.4. The number of hydrogen-bond donors (Lipinski definition) is 1. The third-order valence-corrected chi connectivity index (χ3v) is 1.56. The highest BCUT2D eigenvalue weighted by Gasteiger charge is 2.40. The molecule has 1 aromatic heterocycles. The monoisotopic (exact) mass is 222 g/mol. The van der Waals surface area contributed by atoms with Gasteiger partial charge in [0.15, 0.2) is 0 Å². The van der Waals surface area contributed by atoms with E-state index < -0.39 is 29.1 Å². The zero-order valence-corrected chi connectivity index (χ0v) is 7.15. The van der Waals surface area contributed by atoms with Crippen molar-refractivity contribution < 1.29 is 23.2 Å². The number of aliphatic hydroxyl groups excluding tert-OH is 1. The number of pyridine rings is 1. The number of nitro groups is 1. The number of aromatic nitrogens is 1. The summed E-state index contributed by atoms with van der Waals surface area (Å²) in [4.78, 5) is 12.1. The minimum absolute atomic E-state index is 0.270. The number of alkyl halides is 3. The van der Waals surface area contributed by atoms with Crippen molar-refractivity contribution in [2.24, 2.45) is 0 Å². The molecular weight excluding hydrogens is 217 g/mol. The van der Waals surface area contributed by atoms with E-state index in [9.17, 15) is 23.3 Å². The maximum Gasteiger partial charge on any atom is 0.440 e. The number of nitrogens with zero attached hydrogens (tertiary/aromatic N) is 2. The summed E-state index contributed by atoms with van der Waals surface area (Å²) in [5.41, 5.74) is -2.99. The van der Waals surface area contributed by atoms with E-state index in [1.54, 1.807) is 0 Å². The van der Waals surface area contributed by atoms with Crippen LogP contribution in [0.1, 0.15) is 11.4 Å². The van der Waals surface area contributed by atoms with Gasteiger partial charge in [-0.1, -0.05) is 0 Å². The lowest BCUT2D eigenvalue weighted by molar-refractivity contribution is -0.388. The van der Waals surface area contributed by atoms with Gasteiger partial charge in [0.25, 0.3) is 5.69 Å². The van der Waals surface area contributed by atoms with Crippen LogP contribution in [0, 0.1) is 10.1 Å². The van der Waals surface area contributed by atoms with Crippen LogP contribution in [0.4, 0.5) is 18.9 Å². The number of rotatable bonds is 2. The molecule has 0 atom stereocenters. The lowest BCUT2D eigenvalue weighted by Gasteiger charge is -2.07. The molecule has 15 heavy (non-hydrogen) atoms. The van der Waals surface area contributed by atoms with Crippen LogP contribution in [0.5, 0.6) is 0 Å². The van der Waals surface area contributed by atoms with E-state index >= 15 is 0 Å². The highest BCUT2D eigenvalue weighted by Crippen LogP contribution is 2.34. The van der Waals surface area contributed by atoms with E-state index in [-0.39, 0.29) is 5.69 Å². The van der Waals surface area contributed by atoms with E-state index in [0.29, 0.717) is 6.07 Å². The molecule has 1 heterocycles. The van der Waals surface area contributed by atoms with Gasteiger partial charge in [0.1, 0.15) is 0 Å². The first-order valence-electron chi connectivity index (χ1n) is 3.68. The molecule has 0 aliphatic rings. The lowest BCUT2D eigenvalue weighted by atomic mass is 10.2. The van der Waals surface area contributed by atoms with Gasteiger partial charge in [-0.05, 0) is 6.07 Å². The maximum atomic E-state index is 12.3. The Morgan fingerprint density at radius 1 is 1.47 bits per heavy atom. The van der Waals surface area contributed by atoms with Gasteiger partial charge in [-0.3, -0.25) is 10.1 Å². The van der Waals surface area contributed by atoms with E-state index in [2.05, 4.69) is 4.98 Å². The summed E-state index contributed by atoms with van der Waals surface area (Å²) in [5.74, 6) is 0. The summed E-state index contributed by atoms with van der Waals surface area (Å²) in [6.45, 7) is -0.707. The van der Waals surface area contributed by atoms with Crippen molar-refractivity contribution in [2.75, 3.05) is 0 Å². The number of hydrogen-bond acceptors (Lipinski definition) is 4. The van der Waals surface area contributed by atoms with Crippen LogP contribution in [-0.2, 0) is 12.8 Å². The summed E-state index contributed by atoms with van der Waals surface area (Å²) in [5, 5.41) is 18.8. The standard InChI is InChI=1S/C7H5F3N2O3/c8-7(9,10)6-5(12(14)15)2-1-4(3-13)11-6/h1-2,13H,3H2. The predicted octanol–water partition coefficient (Wildman–Crippen LogP) is 1.50. The highest BCUT2D eigenvalue weighted by molar-refractivity contribution is 5.38. The van der Waals surface area contributed by atoms with Crippen molar-refractivity contribution in [3.63, 3.8) is 0 Å². The molecule has 0 fully saturated rings. The average Bonchev–Trinajstić information content (AvgIpc) is 2.15. The van der Waals surface area contributed by atoms with Gasteiger partial charge < -0.3 is 5.11 Å². The van der Waals surface area contributed by atoms with E-state index in [0.717, 1.165) is 6.07 Å². The Morgan fingerprint density at radius 3 is 2.47 bits per heavy atom. The Balaban J connectivity index is 3.36. The molecule has 0 saturated heterocycles. The van der Waals surface area contributed by atoms with Gasteiger partial charge in [-0.25, -0.2) is 4.98 Å². The number of halogens is 3. The SMILES string of the molecule is O=[N+]([O-])c1ccc(CO)nc1C(F)(F)F. The minimum Gasteiger partial charge on any atom is -0.390 e. The second-order valence-electron chi connectivity index (χ2n) is 2.58. The Kier molecular flexibility index (Phi) is 2.89. The summed E-state index contributed by atoms with van der Waals surface area (Å²) in [6.07, 6.45) is -4.91. The van der Waals surface area contributed by atoms with Crippen LogP contribution in [-0.4, -0.2) is 15.0 Å². The molecule has 1 N–H and O–H groups in total. The largest absolute Gasteiger partial charge is 0.440 e. The summed E-state index contributed by atoms with van der Waals surface area (Å²) in [7, 11) is 0. The quantitative estimate of drug-likeness (QED) is 0.607. The first kappa shape index (κ1) is 11.4. The van der Waals surface area contributed by atoms with Crippen LogP contribution < -0.4 is 0 Å². The second kappa shape index (κ2) is 3.81. The van der Waals surface area contributed by atoms with Crippen molar-refractivity contribution in [1.82, 2.24) is 4.98 Å². The normalized spacial score (nSPS) is 11.5. The first-order chi connectivity index (χ1) is 6.86. The Hall–Kier alpha value is -1.70. The topological polar surface area (TPSA) is 76.3 Å². The van der Waals surface area contributed by atoms with Crippen LogP contribution in [0.15, 0.2) is 12.1 Å². The van der Waals surface area contributed by atoms with Crippen molar-refractivity contribution in [2.45, 2.75) is 12.8 Å². The van der Waals surface area contributed by atoms with E-state index in [1.165, 1.54) is 0 Å². The molecule has 0 spiro atoms. The molecule has 0 aromatic carbocycles. The van der Waals surface area contributed by atoms with Gasteiger partial charge in [0.05, 0.1) is 17.2 Å². The fraction of sp³-hybridized carbons (Fsp3) is 0.286. The summed E-state index contributed by atoms with van der Waals surface area (Å²) in [6, 6.07) is 1.63. The van der Waals surface area contributed by atoms with Gasteiger partial charge >= 0.3 is 6.18 Å². The smallest absolute Gasteiger partial charge is 0.390 e. The molecule has 0 amide bonds. The van der Waals surface area contributed by atoms with Gasteiger partial charge in [-0.2, -0.15) is 13.2 Å². The van der Waals surface area contributed by atoms with Gasteiger partial charge in [0.2, 0.25) is 5.69 Å². The van der Waals surface area contributed by atoms with Gasteiger partial charge in [0, 0.05) is 6.07 Å². The molecule has 0 saturated carbocycles. The van der Waals surface area contributed by atoms with Crippen LogP contribution >= 0.6 is 0 Å². The molecule has 0 radical (unpaired) electrons. The van der Waals surface area contributed by atoms with Crippen molar-refractivity contribution in [3.05, 3.63) is 33.6 Å². The van der Waals surface area contributed by atoms with Crippen molar-refractivity contribution in [1.29, 1.82) is 0 Å². The molecule has 1 aromatic rings. The average molecular weight is 222 g/mol. The Labute approximate surface area is 81.3 Å². The molecule has 82 valence electrons. The molecular formula is C7H5F3N2O3. The summed E-state index contributed by atoms with van der Waals surface area (Å²) < 4.78 is 36.8. The Bertz CT molecular complexity index is 392. The Morgan fingerprint density at radius 2 is 2.07 bits per heavy atom. The zero-order chi connectivity index (χ0) is 11.6. The minimum atomic E-state index is -4.91. The van der Waals surface area contributed by atoms with Gasteiger partial charge in [-0.15, -0.1) is 0 Å². The zero-order valence-electron chi connectivity index (χ0n) is 7.15. The second-order valence-corrected chi connectivity index (χ2v) is 2.58. The molecule has 5 nitrogen and oxygen atoms in total. The predicted molar refractivity (Wildman–Crippen MR) is 41.8 cm³/mol. The van der Waals surface area contributed by atoms with Crippen molar-refractivity contribution in [3.8, 4) is 0 Å². The number of aliphatic hydroxyl groups is 1. The van der Waals surface area contributed by atoms with E-state index in [4.69, 9.17) is 5.11 Å². The summed E-state index contributed by atoms with van der Waals surface area (Å²) >= 11 is 0. The van der Waals surface area contributed by atoms with Crippen LogP contribution in [0.25, 0.3) is 0 Å². The van der Waals surface area contributed by atoms with E-state index in [1.807, 2.05) is 0 Å². The fourth-order valence-corrected chi connectivity index (χ4v) is 0.936. The lowest BCUT2D eigenvalue weighted by Crippen LogP contribution is -2.12. The third-order valence-electron chi connectivity index (χ3n) is 1.56. The molecule has 0 unspecified atom stereocenters. The van der Waals surface area contributed by atoms with Crippen molar-refractivity contribution >= 4 is 5.69 Å². The molecule has 8 heteroatoms. The third kappa shape index (κ3) is 2.40. The molecule has 0 aliphatic heterocycles. The fourth-order valence-electron chi connectivity index (χ4n) is 0.936. The van der Waals surface area contributed by atoms with Crippen LogP contribution in [0.2, 0.25) is 0 Å². The molecule has 0 aliphatic carbocycles. The van der Waals surface area contributed by atoms with Crippen LogP contribution in [0.3, 0.4) is 0 Å².